The number of aromatic nitrogens is 4. The topological polar surface area (TPSA) is 86.8 Å². The van der Waals surface area contributed by atoms with Crippen LogP contribution in [0.4, 0.5) is 5.13 Å². The van der Waals surface area contributed by atoms with Gasteiger partial charge in [-0.2, -0.15) is 15.4 Å². The van der Waals surface area contributed by atoms with Gasteiger partial charge in [-0.05, 0) is 25.9 Å². The lowest BCUT2D eigenvalue weighted by molar-refractivity contribution is 0.102. The van der Waals surface area contributed by atoms with Gasteiger partial charge in [-0.15, -0.1) is 11.3 Å². The molecule has 0 unspecified atom stereocenters. The lowest BCUT2D eigenvalue weighted by atomic mass is 10.1. The van der Waals surface area contributed by atoms with Gasteiger partial charge in [0.2, 0.25) is 0 Å². The predicted molar refractivity (Wildman–Crippen MR) is 101 cm³/mol. The molecule has 8 heteroatoms. The molecule has 0 saturated carbocycles. The highest BCUT2D eigenvalue weighted by Crippen LogP contribution is 2.22. The second kappa shape index (κ2) is 7.76. The Morgan fingerprint density at radius 3 is 2.77 bits per heavy atom. The van der Waals surface area contributed by atoms with Gasteiger partial charge in [-0.25, -0.2) is 4.98 Å². The number of H-pyrrole nitrogens is 1. The summed E-state index contributed by atoms with van der Waals surface area (Å²) in [4.78, 5) is 19.5. The summed E-state index contributed by atoms with van der Waals surface area (Å²) in [6.45, 7) is 3.09. The molecule has 1 fully saturated rings. The van der Waals surface area contributed by atoms with Crippen LogP contribution in [-0.2, 0) is 6.54 Å². The van der Waals surface area contributed by atoms with Crippen molar-refractivity contribution < 1.29 is 4.79 Å². The third-order valence-corrected chi connectivity index (χ3v) is 5.22. The standard InChI is InChI=1S/C18H20N6OS/c25-17(16-15(21-23-22-16)13-7-3-1-4-8-13)20-18-19-14(12-26-18)11-24-9-5-2-6-10-24/h1,3-4,7-8,12H,2,5-6,9-11H2,(H,19,20,25)(H,21,22,23). The Labute approximate surface area is 155 Å². The molecule has 1 amide bonds. The van der Waals surface area contributed by atoms with Crippen molar-refractivity contribution in [2.24, 2.45) is 0 Å². The molecule has 0 bridgehead atoms. The first kappa shape index (κ1) is 16.9. The largest absolute Gasteiger partial charge is 0.297 e. The van der Waals surface area contributed by atoms with Gasteiger partial charge in [0.15, 0.2) is 10.8 Å². The number of amides is 1. The number of rotatable bonds is 5. The first-order valence-electron chi connectivity index (χ1n) is 8.74. The summed E-state index contributed by atoms with van der Waals surface area (Å²) in [6, 6.07) is 9.52. The fourth-order valence-corrected chi connectivity index (χ4v) is 3.82. The summed E-state index contributed by atoms with van der Waals surface area (Å²) in [5.41, 5.74) is 2.64. The highest BCUT2D eigenvalue weighted by molar-refractivity contribution is 7.14. The zero-order valence-corrected chi connectivity index (χ0v) is 15.1. The lowest BCUT2D eigenvalue weighted by Gasteiger charge is -2.25. The number of thiazole rings is 1. The number of nitrogens with zero attached hydrogens (tertiary/aromatic N) is 4. The number of nitrogens with one attached hydrogen (secondary N) is 2. The third-order valence-electron chi connectivity index (χ3n) is 4.42. The number of hydrogen-bond donors (Lipinski definition) is 2. The fourth-order valence-electron chi connectivity index (χ4n) is 3.13. The van der Waals surface area contributed by atoms with E-state index < -0.39 is 0 Å². The molecule has 3 aromatic rings. The average molecular weight is 368 g/mol. The van der Waals surface area contributed by atoms with Crippen LogP contribution in [0.25, 0.3) is 11.3 Å². The molecule has 0 spiro atoms. The molecule has 3 heterocycles. The minimum absolute atomic E-state index is 0.268. The molecule has 1 aliphatic heterocycles. The van der Waals surface area contributed by atoms with Crippen molar-refractivity contribution in [2.45, 2.75) is 25.8 Å². The zero-order valence-electron chi connectivity index (χ0n) is 14.3. The number of carbonyl (C=O) groups is 1. The van der Waals surface area contributed by atoms with E-state index >= 15 is 0 Å². The van der Waals surface area contributed by atoms with Crippen LogP contribution in [0.2, 0.25) is 0 Å². The molecule has 1 aliphatic rings. The van der Waals surface area contributed by atoms with E-state index in [-0.39, 0.29) is 11.6 Å². The molecule has 0 radical (unpaired) electrons. The number of benzene rings is 1. The summed E-state index contributed by atoms with van der Waals surface area (Å²) >= 11 is 1.44. The quantitative estimate of drug-likeness (QED) is 0.722. The van der Waals surface area contributed by atoms with Gasteiger partial charge in [-0.1, -0.05) is 36.8 Å². The monoisotopic (exact) mass is 368 g/mol. The molecular formula is C18H20N6OS. The number of aromatic amines is 1. The number of likely N-dealkylation sites (tertiary alicyclic amines) is 1. The summed E-state index contributed by atoms with van der Waals surface area (Å²) in [6.07, 6.45) is 3.82. The minimum atomic E-state index is -0.309. The smallest absolute Gasteiger partial charge is 0.280 e. The van der Waals surface area contributed by atoms with Crippen LogP contribution in [0.1, 0.15) is 35.4 Å². The average Bonchev–Trinajstić information content (AvgIpc) is 3.33. The van der Waals surface area contributed by atoms with Crippen LogP contribution in [-0.4, -0.2) is 44.3 Å². The first-order valence-corrected chi connectivity index (χ1v) is 9.62. The molecular weight excluding hydrogens is 348 g/mol. The van der Waals surface area contributed by atoms with Crippen LogP contribution in [0.15, 0.2) is 35.7 Å². The number of hydrogen-bond acceptors (Lipinski definition) is 6. The molecule has 1 saturated heterocycles. The maximum Gasteiger partial charge on any atom is 0.280 e. The highest BCUT2D eigenvalue weighted by atomic mass is 32.1. The molecule has 26 heavy (non-hydrogen) atoms. The van der Waals surface area contributed by atoms with E-state index in [2.05, 4.69) is 30.6 Å². The van der Waals surface area contributed by atoms with Crippen LogP contribution in [0.3, 0.4) is 0 Å². The minimum Gasteiger partial charge on any atom is -0.297 e. The van der Waals surface area contributed by atoms with E-state index in [1.54, 1.807) is 0 Å². The molecule has 2 N–H and O–H groups in total. The maximum atomic E-state index is 12.6. The van der Waals surface area contributed by atoms with Crippen LogP contribution < -0.4 is 5.32 Å². The van der Waals surface area contributed by atoms with Crippen molar-refractivity contribution in [1.29, 1.82) is 0 Å². The maximum absolute atomic E-state index is 12.6. The van der Waals surface area contributed by atoms with Crippen LogP contribution in [0, 0.1) is 0 Å². The molecule has 7 nitrogen and oxygen atoms in total. The zero-order chi connectivity index (χ0) is 17.8. The normalized spacial score (nSPS) is 15.1. The van der Waals surface area contributed by atoms with Crippen molar-refractivity contribution in [3.63, 3.8) is 0 Å². The predicted octanol–water partition coefficient (Wildman–Crippen LogP) is 3.17. The van der Waals surface area contributed by atoms with Crippen molar-refractivity contribution in [3.05, 3.63) is 47.1 Å². The van der Waals surface area contributed by atoms with Crippen molar-refractivity contribution in [3.8, 4) is 11.3 Å². The molecule has 134 valence electrons. The lowest BCUT2D eigenvalue weighted by Crippen LogP contribution is -2.29. The van der Waals surface area contributed by atoms with E-state index in [4.69, 9.17) is 0 Å². The summed E-state index contributed by atoms with van der Waals surface area (Å²) in [7, 11) is 0. The Bertz CT molecular complexity index is 869. The van der Waals surface area contributed by atoms with Gasteiger partial charge < -0.3 is 0 Å². The van der Waals surface area contributed by atoms with Crippen molar-refractivity contribution in [2.75, 3.05) is 18.4 Å². The number of piperidine rings is 1. The van der Waals surface area contributed by atoms with Gasteiger partial charge in [-0.3, -0.25) is 15.0 Å². The SMILES string of the molecule is O=C(Nc1nc(CN2CCCCC2)cs1)c1n[nH]nc1-c1ccccc1. The van der Waals surface area contributed by atoms with Gasteiger partial charge >= 0.3 is 0 Å². The Morgan fingerprint density at radius 1 is 1.15 bits per heavy atom. The molecule has 2 aromatic heterocycles. The summed E-state index contributed by atoms with van der Waals surface area (Å²) in [5.74, 6) is -0.309. The highest BCUT2D eigenvalue weighted by Gasteiger charge is 2.19. The van der Waals surface area contributed by atoms with Gasteiger partial charge in [0.1, 0.15) is 5.69 Å². The van der Waals surface area contributed by atoms with Gasteiger partial charge in [0, 0.05) is 17.5 Å². The Kier molecular flexibility index (Phi) is 5.03. The van der Waals surface area contributed by atoms with E-state index in [0.29, 0.717) is 10.8 Å². The second-order valence-electron chi connectivity index (χ2n) is 6.32. The van der Waals surface area contributed by atoms with E-state index in [9.17, 15) is 4.79 Å². The van der Waals surface area contributed by atoms with Crippen molar-refractivity contribution >= 4 is 22.4 Å². The summed E-state index contributed by atoms with van der Waals surface area (Å²) < 4.78 is 0. The van der Waals surface area contributed by atoms with Crippen molar-refractivity contribution in [1.82, 2.24) is 25.3 Å². The Hall–Kier alpha value is -2.58. The van der Waals surface area contributed by atoms with Crippen LogP contribution in [0.5, 0.6) is 0 Å². The summed E-state index contributed by atoms with van der Waals surface area (Å²) in [5, 5.41) is 16.1. The third kappa shape index (κ3) is 3.81. The second-order valence-corrected chi connectivity index (χ2v) is 7.18. The molecule has 1 aromatic carbocycles. The fraction of sp³-hybridized carbons (Fsp3) is 0.333. The molecule has 0 aliphatic carbocycles. The van der Waals surface area contributed by atoms with E-state index in [1.807, 2.05) is 35.7 Å². The van der Waals surface area contributed by atoms with E-state index in [1.165, 1.54) is 30.6 Å². The molecule has 0 atom stereocenters. The number of anilines is 1. The van der Waals surface area contributed by atoms with Gasteiger partial charge in [0.25, 0.3) is 5.91 Å². The Balaban J connectivity index is 1.44. The first-order chi connectivity index (χ1) is 12.8. The van der Waals surface area contributed by atoms with Crippen LogP contribution >= 0.6 is 11.3 Å². The van der Waals surface area contributed by atoms with E-state index in [0.717, 1.165) is 30.9 Å². The van der Waals surface area contributed by atoms with Gasteiger partial charge in [0.05, 0.1) is 5.69 Å². The Morgan fingerprint density at radius 2 is 1.96 bits per heavy atom. The number of carbonyl (C=O) groups excluding carboxylic acids is 1. The molecule has 4 rings (SSSR count).